The Balaban J connectivity index is 2.28. The lowest BCUT2D eigenvalue weighted by molar-refractivity contribution is 0.337. The first-order chi connectivity index (χ1) is 9.53. The molecule has 0 aliphatic carbocycles. The summed E-state index contributed by atoms with van der Waals surface area (Å²) in [5, 5.41) is 0. The van der Waals surface area contributed by atoms with Gasteiger partial charge < -0.3 is 4.74 Å². The predicted molar refractivity (Wildman–Crippen MR) is 79.6 cm³/mol. The zero-order chi connectivity index (χ0) is 14.6. The van der Waals surface area contributed by atoms with Crippen LogP contribution >= 0.6 is 0 Å². The maximum Gasteiger partial charge on any atom is 0.261 e. The number of hydrogen-bond donors (Lipinski definition) is 1. The number of ether oxygens (including phenoxy) is 1. The van der Waals surface area contributed by atoms with Crippen LogP contribution < -0.4 is 9.46 Å². The van der Waals surface area contributed by atoms with Gasteiger partial charge >= 0.3 is 0 Å². The van der Waals surface area contributed by atoms with E-state index in [2.05, 4.69) is 4.72 Å². The molecule has 106 valence electrons. The van der Waals surface area contributed by atoms with E-state index in [1.165, 1.54) is 0 Å². The zero-order valence-corrected chi connectivity index (χ0v) is 12.3. The molecule has 1 N–H and O–H groups in total. The van der Waals surface area contributed by atoms with Crippen LogP contribution in [0, 0.1) is 6.92 Å². The quantitative estimate of drug-likeness (QED) is 0.920. The minimum Gasteiger partial charge on any atom is -0.494 e. The summed E-state index contributed by atoms with van der Waals surface area (Å²) in [5.74, 6) is 0.700. The summed E-state index contributed by atoms with van der Waals surface area (Å²) in [4.78, 5) is 0.224. The Morgan fingerprint density at radius 3 is 2.40 bits per heavy atom. The molecule has 20 heavy (non-hydrogen) atoms. The van der Waals surface area contributed by atoms with Crippen molar-refractivity contribution in [1.82, 2.24) is 0 Å². The second kappa shape index (κ2) is 5.96. The summed E-state index contributed by atoms with van der Waals surface area (Å²) in [6, 6.07) is 13.6. The summed E-state index contributed by atoms with van der Waals surface area (Å²) >= 11 is 0. The van der Waals surface area contributed by atoms with Crippen molar-refractivity contribution in [2.75, 3.05) is 11.3 Å². The largest absolute Gasteiger partial charge is 0.494 e. The van der Waals surface area contributed by atoms with Crippen molar-refractivity contribution in [2.24, 2.45) is 0 Å². The van der Waals surface area contributed by atoms with E-state index in [0.717, 1.165) is 5.56 Å². The molecule has 0 unspecified atom stereocenters. The van der Waals surface area contributed by atoms with Crippen molar-refractivity contribution in [3.05, 3.63) is 54.1 Å². The first-order valence-corrected chi connectivity index (χ1v) is 7.82. The van der Waals surface area contributed by atoms with E-state index in [1.807, 2.05) is 19.9 Å². The van der Waals surface area contributed by atoms with Crippen molar-refractivity contribution in [1.29, 1.82) is 0 Å². The molecular weight excluding hydrogens is 274 g/mol. The molecule has 0 aliphatic rings. The molecule has 4 nitrogen and oxygen atoms in total. The first-order valence-electron chi connectivity index (χ1n) is 6.34. The van der Waals surface area contributed by atoms with Crippen molar-refractivity contribution in [3.63, 3.8) is 0 Å². The molecule has 2 aromatic carbocycles. The van der Waals surface area contributed by atoms with E-state index in [9.17, 15) is 8.42 Å². The number of benzene rings is 2. The van der Waals surface area contributed by atoms with Crippen LogP contribution in [-0.2, 0) is 10.0 Å². The second-order valence-electron chi connectivity index (χ2n) is 4.33. The molecule has 0 spiro atoms. The third-order valence-corrected chi connectivity index (χ3v) is 4.16. The summed E-state index contributed by atoms with van der Waals surface area (Å²) < 4.78 is 32.5. The molecule has 0 radical (unpaired) electrons. The number of hydrogen-bond acceptors (Lipinski definition) is 3. The SMILES string of the molecule is CCOc1ccc(S(=O)(=O)Nc2ccccc2)cc1C. The smallest absolute Gasteiger partial charge is 0.261 e. The summed E-state index contributed by atoms with van der Waals surface area (Å²) in [6.07, 6.45) is 0. The molecule has 0 aliphatic heterocycles. The minimum atomic E-state index is -3.57. The van der Waals surface area contributed by atoms with Crippen LogP contribution in [0.25, 0.3) is 0 Å². The van der Waals surface area contributed by atoms with Crippen LogP contribution in [-0.4, -0.2) is 15.0 Å². The predicted octanol–water partition coefficient (Wildman–Crippen LogP) is 3.19. The fraction of sp³-hybridized carbons (Fsp3) is 0.200. The highest BCUT2D eigenvalue weighted by Gasteiger charge is 2.15. The first kappa shape index (κ1) is 14.4. The monoisotopic (exact) mass is 291 g/mol. The van der Waals surface area contributed by atoms with Crippen LogP contribution in [0.1, 0.15) is 12.5 Å². The highest BCUT2D eigenvalue weighted by molar-refractivity contribution is 7.92. The van der Waals surface area contributed by atoms with Gasteiger partial charge in [-0.1, -0.05) is 18.2 Å². The van der Waals surface area contributed by atoms with Crippen LogP contribution in [0.2, 0.25) is 0 Å². The van der Waals surface area contributed by atoms with Crippen LogP contribution in [0.5, 0.6) is 5.75 Å². The van der Waals surface area contributed by atoms with Gasteiger partial charge in [0.2, 0.25) is 0 Å². The molecular formula is C15H17NO3S. The Morgan fingerprint density at radius 1 is 1.10 bits per heavy atom. The fourth-order valence-corrected chi connectivity index (χ4v) is 2.97. The van der Waals surface area contributed by atoms with E-state index in [4.69, 9.17) is 4.74 Å². The van der Waals surface area contributed by atoms with Gasteiger partial charge in [-0.05, 0) is 49.7 Å². The average molecular weight is 291 g/mol. The van der Waals surface area contributed by atoms with Crippen molar-refractivity contribution < 1.29 is 13.2 Å². The van der Waals surface area contributed by atoms with E-state index in [-0.39, 0.29) is 4.90 Å². The van der Waals surface area contributed by atoms with Gasteiger partial charge in [0.25, 0.3) is 10.0 Å². The third kappa shape index (κ3) is 3.30. The van der Waals surface area contributed by atoms with Gasteiger partial charge in [0.05, 0.1) is 11.5 Å². The molecule has 0 saturated carbocycles. The maximum absolute atomic E-state index is 12.3. The third-order valence-electron chi connectivity index (χ3n) is 2.78. The summed E-state index contributed by atoms with van der Waals surface area (Å²) in [6.45, 7) is 4.27. The van der Waals surface area contributed by atoms with Crippen LogP contribution in [0.15, 0.2) is 53.4 Å². The minimum absolute atomic E-state index is 0.224. The molecule has 0 saturated heterocycles. The average Bonchev–Trinajstić information content (AvgIpc) is 2.42. The molecule has 2 rings (SSSR count). The fourth-order valence-electron chi connectivity index (χ4n) is 1.83. The van der Waals surface area contributed by atoms with Gasteiger partial charge in [-0.15, -0.1) is 0 Å². The summed E-state index contributed by atoms with van der Waals surface area (Å²) in [5.41, 5.74) is 1.34. The highest BCUT2D eigenvalue weighted by atomic mass is 32.2. The highest BCUT2D eigenvalue weighted by Crippen LogP contribution is 2.23. The number of sulfonamides is 1. The number of aryl methyl sites for hydroxylation is 1. The Labute approximate surface area is 119 Å². The zero-order valence-electron chi connectivity index (χ0n) is 11.5. The lowest BCUT2D eigenvalue weighted by atomic mass is 10.2. The van der Waals surface area contributed by atoms with E-state index < -0.39 is 10.0 Å². The van der Waals surface area contributed by atoms with E-state index in [0.29, 0.717) is 18.0 Å². The molecule has 5 heteroatoms. The van der Waals surface area contributed by atoms with Crippen LogP contribution in [0.3, 0.4) is 0 Å². The van der Waals surface area contributed by atoms with Crippen LogP contribution in [0.4, 0.5) is 5.69 Å². The standard InChI is InChI=1S/C15H17NO3S/c1-3-19-15-10-9-14(11-12(15)2)20(17,18)16-13-7-5-4-6-8-13/h4-11,16H,3H2,1-2H3. The van der Waals surface area contributed by atoms with Gasteiger partial charge in [0, 0.05) is 5.69 Å². The molecule has 0 aromatic heterocycles. The number of para-hydroxylation sites is 1. The van der Waals surface area contributed by atoms with Crippen molar-refractivity contribution >= 4 is 15.7 Å². The Morgan fingerprint density at radius 2 is 1.80 bits per heavy atom. The topological polar surface area (TPSA) is 55.4 Å². The van der Waals surface area contributed by atoms with Crippen molar-refractivity contribution in [3.8, 4) is 5.75 Å². The molecule has 0 amide bonds. The van der Waals surface area contributed by atoms with Crippen molar-refractivity contribution in [2.45, 2.75) is 18.7 Å². The van der Waals surface area contributed by atoms with E-state index in [1.54, 1.807) is 42.5 Å². The Kier molecular flexibility index (Phi) is 4.29. The number of anilines is 1. The van der Waals surface area contributed by atoms with Gasteiger partial charge in [0.1, 0.15) is 5.75 Å². The second-order valence-corrected chi connectivity index (χ2v) is 6.01. The lowest BCUT2D eigenvalue weighted by Crippen LogP contribution is -2.13. The maximum atomic E-state index is 12.3. The molecule has 0 fully saturated rings. The summed E-state index contributed by atoms with van der Waals surface area (Å²) in [7, 11) is -3.57. The molecule has 2 aromatic rings. The Hall–Kier alpha value is -2.01. The van der Waals surface area contributed by atoms with Gasteiger partial charge in [-0.2, -0.15) is 0 Å². The number of rotatable bonds is 5. The van der Waals surface area contributed by atoms with E-state index >= 15 is 0 Å². The van der Waals surface area contributed by atoms with Gasteiger partial charge in [0.15, 0.2) is 0 Å². The number of nitrogens with one attached hydrogen (secondary N) is 1. The molecule has 0 bridgehead atoms. The van der Waals surface area contributed by atoms with Gasteiger partial charge in [-0.3, -0.25) is 4.72 Å². The van der Waals surface area contributed by atoms with Gasteiger partial charge in [-0.25, -0.2) is 8.42 Å². The molecule has 0 heterocycles. The lowest BCUT2D eigenvalue weighted by Gasteiger charge is -2.11. The Bertz CT molecular complexity index is 682. The normalized spacial score (nSPS) is 11.1. The molecule has 0 atom stereocenters.